The molecule has 1 aromatic heterocycles. The summed E-state index contributed by atoms with van der Waals surface area (Å²) in [6.07, 6.45) is 6.04. The van der Waals surface area contributed by atoms with E-state index in [4.69, 9.17) is 22.1 Å². The van der Waals surface area contributed by atoms with Gasteiger partial charge in [-0.25, -0.2) is 9.98 Å². The first-order chi connectivity index (χ1) is 18.0. The molecule has 2 aromatic rings. The van der Waals surface area contributed by atoms with Crippen molar-refractivity contribution in [3.05, 3.63) is 58.5 Å². The van der Waals surface area contributed by atoms with Crippen molar-refractivity contribution in [1.82, 2.24) is 14.8 Å². The molecule has 10 nitrogen and oxygen atoms in total. The predicted molar refractivity (Wildman–Crippen MR) is 145 cm³/mol. The minimum atomic E-state index is -1.03. The third kappa shape index (κ3) is 4.39. The lowest BCUT2D eigenvalue weighted by Crippen LogP contribution is -2.59. The summed E-state index contributed by atoms with van der Waals surface area (Å²) >= 11 is 6.66. The fourth-order valence-electron chi connectivity index (χ4n) is 4.89. The van der Waals surface area contributed by atoms with Crippen molar-refractivity contribution in [2.45, 2.75) is 32.5 Å². The molecule has 2 aliphatic rings. The number of nitrogens with zero attached hydrogens (tertiary/aromatic N) is 6. The van der Waals surface area contributed by atoms with Crippen molar-refractivity contribution in [2.75, 3.05) is 20.7 Å². The number of ketones is 1. The molecule has 3 unspecified atom stereocenters. The Balaban J connectivity index is 1.89. The number of pyridine rings is 1. The van der Waals surface area contributed by atoms with Crippen LogP contribution in [0.3, 0.4) is 0 Å². The molecule has 2 N–H and O–H groups in total. The molecule has 0 spiro atoms. The smallest absolute Gasteiger partial charge is 0.271 e. The molecule has 1 amide bonds. The number of fused-ring (bicyclic) bond motifs is 1. The Labute approximate surface area is 226 Å². The van der Waals surface area contributed by atoms with E-state index >= 15 is 0 Å². The summed E-state index contributed by atoms with van der Waals surface area (Å²) < 4.78 is 6.14. The minimum absolute atomic E-state index is 0.184. The maximum absolute atomic E-state index is 12.7. The quantitative estimate of drug-likeness (QED) is 0.599. The first kappa shape index (κ1) is 26.8. The zero-order valence-corrected chi connectivity index (χ0v) is 22.5. The summed E-state index contributed by atoms with van der Waals surface area (Å²) in [6.45, 7) is 5.91. The molecule has 11 heteroatoms. The SMILES string of the molecule is CCOc1c(C(C)N2C=CC(=O)C3C(N)=NC=NC32C)cc(Cl)c(C#N)c1-c1ccc(C(=O)N(C)C)nc1. The van der Waals surface area contributed by atoms with Gasteiger partial charge >= 0.3 is 0 Å². The van der Waals surface area contributed by atoms with Crippen LogP contribution in [0.25, 0.3) is 11.1 Å². The van der Waals surface area contributed by atoms with Gasteiger partial charge in [0.2, 0.25) is 0 Å². The molecule has 3 heterocycles. The van der Waals surface area contributed by atoms with Gasteiger partial charge in [0.05, 0.1) is 23.2 Å². The third-order valence-electron chi connectivity index (χ3n) is 6.78. The highest BCUT2D eigenvalue weighted by molar-refractivity contribution is 6.32. The number of carbonyl (C=O) groups is 2. The number of amides is 1. The van der Waals surface area contributed by atoms with Crippen LogP contribution in [0.2, 0.25) is 5.02 Å². The van der Waals surface area contributed by atoms with Gasteiger partial charge in [0, 0.05) is 43.2 Å². The molecule has 1 aromatic carbocycles. The Bertz CT molecular complexity index is 1430. The van der Waals surface area contributed by atoms with Crippen LogP contribution in [-0.4, -0.2) is 65.0 Å². The highest BCUT2D eigenvalue weighted by Gasteiger charge is 2.50. The molecule has 4 rings (SSSR count). The zero-order valence-electron chi connectivity index (χ0n) is 21.8. The summed E-state index contributed by atoms with van der Waals surface area (Å²) in [5.41, 5.74) is 7.28. The molecule has 0 saturated carbocycles. The van der Waals surface area contributed by atoms with E-state index in [-0.39, 0.29) is 33.8 Å². The monoisotopic (exact) mass is 533 g/mol. The first-order valence-electron chi connectivity index (χ1n) is 12.0. The Hall–Kier alpha value is -4.23. The van der Waals surface area contributed by atoms with E-state index in [1.807, 2.05) is 25.7 Å². The van der Waals surface area contributed by atoms with Crippen LogP contribution in [0.5, 0.6) is 5.75 Å². The van der Waals surface area contributed by atoms with Crippen LogP contribution in [-0.2, 0) is 4.79 Å². The Morgan fingerprint density at radius 3 is 2.74 bits per heavy atom. The number of benzene rings is 1. The molecule has 0 bridgehead atoms. The summed E-state index contributed by atoms with van der Waals surface area (Å²) in [5.74, 6) is -0.546. The molecule has 196 valence electrons. The topological polar surface area (TPSA) is 137 Å². The van der Waals surface area contributed by atoms with E-state index in [2.05, 4.69) is 21.0 Å². The van der Waals surface area contributed by atoms with Gasteiger partial charge in [-0.3, -0.25) is 14.6 Å². The Kier molecular flexibility index (Phi) is 7.24. The number of hydrogen-bond donors (Lipinski definition) is 1. The van der Waals surface area contributed by atoms with Gasteiger partial charge in [-0.15, -0.1) is 0 Å². The molecule has 0 fully saturated rings. The number of aliphatic imine (C=N–C) groups is 2. The van der Waals surface area contributed by atoms with Crippen LogP contribution >= 0.6 is 11.6 Å². The average molecular weight is 534 g/mol. The number of halogens is 1. The Morgan fingerprint density at radius 2 is 2.13 bits per heavy atom. The number of rotatable bonds is 6. The predicted octanol–water partition coefficient (Wildman–Crippen LogP) is 3.57. The van der Waals surface area contributed by atoms with E-state index in [0.717, 1.165) is 0 Å². The van der Waals surface area contributed by atoms with Gasteiger partial charge in [0.1, 0.15) is 41.3 Å². The normalized spacial score (nSPS) is 20.9. The van der Waals surface area contributed by atoms with Crippen LogP contribution in [0, 0.1) is 17.2 Å². The maximum atomic E-state index is 12.7. The van der Waals surface area contributed by atoms with Crippen molar-refractivity contribution in [3.8, 4) is 22.9 Å². The van der Waals surface area contributed by atoms with Crippen molar-refractivity contribution < 1.29 is 14.3 Å². The summed E-state index contributed by atoms with van der Waals surface area (Å²) in [6, 6.07) is 6.78. The molecule has 0 saturated heterocycles. The van der Waals surface area contributed by atoms with Crippen molar-refractivity contribution >= 4 is 35.5 Å². The van der Waals surface area contributed by atoms with Gasteiger partial charge in [-0.05, 0) is 39.0 Å². The Morgan fingerprint density at radius 1 is 1.39 bits per heavy atom. The lowest BCUT2D eigenvalue weighted by molar-refractivity contribution is -0.121. The number of amidine groups is 1. The van der Waals surface area contributed by atoms with Gasteiger partial charge in [0.25, 0.3) is 5.91 Å². The average Bonchev–Trinajstić information content (AvgIpc) is 2.88. The van der Waals surface area contributed by atoms with Crippen molar-refractivity contribution in [1.29, 1.82) is 5.26 Å². The minimum Gasteiger partial charge on any atom is -0.493 e. The summed E-state index contributed by atoms with van der Waals surface area (Å²) in [5, 5.41) is 10.3. The molecular formula is C27H28ClN7O3. The van der Waals surface area contributed by atoms with E-state index in [1.165, 1.54) is 23.5 Å². The highest BCUT2D eigenvalue weighted by Crippen LogP contribution is 2.47. The van der Waals surface area contributed by atoms with Gasteiger partial charge in [-0.2, -0.15) is 5.26 Å². The maximum Gasteiger partial charge on any atom is 0.271 e. The van der Waals surface area contributed by atoms with E-state index in [9.17, 15) is 14.9 Å². The number of aromatic nitrogens is 1. The van der Waals surface area contributed by atoms with E-state index in [0.29, 0.717) is 29.0 Å². The lowest BCUT2D eigenvalue weighted by atomic mass is 9.82. The highest BCUT2D eigenvalue weighted by atomic mass is 35.5. The van der Waals surface area contributed by atoms with Crippen molar-refractivity contribution in [2.24, 2.45) is 21.6 Å². The molecule has 0 aliphatic carbocycles. The van der Waals surface area contributed by atoms with Crippen molar-refractivity contribution in [3.63, 3.8) is 0 Å². The fraction of sp³-hybridized carbons (Fsp3) is 0.333. The zero-order chi connectivity index (χ0) is 27.8. The van der Waals surface area contributed by atoms with E-state index in [1.54, 1.807) is 38.5 Å². The number of ether oxygens (including phenoxy) is 1. The van der Waals surface area contributed by atoms with Gasteiger partial charge in [0.15, 0.2) is 5.78 Å². The van der Waals surface area contributed by atoms with Gasteiger partial charge in [-0.1, -0.05) is 17.7 Å². The largest absolute Gasteiger partial charge is 0.493 e. The fourth-order valence-corrected chi connectivity index (χ4v) is 5.14. The van der Waals surface area contributed by atoms with Gasteiger partial charge < -0.3 is 20.3 Å². The lowest BCUT2D eigenvalue weighted by Gasteiger charge is -2.48. The second-order valence-electron chi connectivity index (χ2n) is 9.33. The number of hydrogen-bond acceptors (Lipinski definition) is 9. The van der Waals surface area contributed by atoms with Crippen LogP contribution in [0.15, 0.2) is 46.7 Å². The molecule has 38 heavy (non-hydrogen) atoms. The molecule has 3 atom stereocenters. The third-order valence-corrected chi connectivity index (χ3v) is 7.08. The van der Waals surface area contributed by atoms with Crippen LogP contribution < -0.4 is 10.5 Å². The van der Waals surface area contributed by atoms with E-state index < -0.39 is 17.6 Å². The van der Waals surface area contributed by atoms with Crippen LogP contribution in [0.1, 0.15) is 48.4 Å². The first-order valence-corrected chi connectivity index (χ1v) is 12.4. The number of allylic oxidation sites excluding steroid dienone is 1. The molecule has 2 aliphatic heterocycles. The summed E-state index contributed by atoms with van der Waals surface area (Å²) in [7, 11) is 3.29. The number of carbonyl (C=O) groups excluding carboxylic acids is 2. The standard InChI is InChI=1S/C27H28ClN7O3/c1-6-38-24-17(15(2)35-10-9-21(36)23-25(30)32-14-33-27(23,35)3)11-19(28)18(12-29)22(24)16-7-8-20(31-13-16)26(37)34(4)5/h7-11,13-15,23H,6H2,1-5H3,(H2,30,32,33). The number of nitrogens with two attached hydrogens (primary N) is 1. The van der Waals surface area contributed by atoms with Crippen LogP contribution in [0.4, 0.5) is 0 Å². The summed E-state index contributed by atoms with van der Waals surface area (Å²) in [4.78, 5) is 41.4. The number of nitriles is 1. The molecular weight excluding hydrogens is 506 g/mol. The molecule has 0 radical (unpaired) electrons. The second kappa shape index (κ2) is 10.3. The second-order valence-corrected chi connectivity index (χ2v) is 9.74.